The number of ether oxygens (including phenoxy) is 2. The molecule has 0 aliphatic heterocycles. The highest BCUT2D eigenvalue weighted by molar-refractivity contribution is 6.01. The van der Waals surface area contributed by atoms with E-state index in [0.29, 0.717) is 17.1 Å². The van der Waals surface area contributed by atoms with Crippen LogP contribution in [0.5, 0.6) is 5.75 Å². The van der Waals surface area contributed by atoms with Crippen molar-refractivity contribution in [2.24, 2.45) is 0 Å². The number of carbonyl (C=O) groups excluding carboxylic acids is 3. The van der Waals surface area contributed by atoms with Crippen LogP contribution in [0.15, 0.2) is 48.5 Å². The molecule has 0 atom stereocenters. The van der Waals surface area contributed by atoms with Crippen LogP contribution in [0.2, 0.25) is 0 Å². The molecule has 3 N–H and O–H groups in total. The van der Waals surface area contributed by atoms with Crippen LogP contribution in [0.3, 0.4) is 0 Å². The third kappa shape index (κ3) is 7.83. The highest BCUT2D eigenvalue weighted by atomic mass is 16.6. The van der Waals surface area contributed by atoms with Gasteiger partial charge in [-0.25, -0.2) is 4.79 Å². The lowest BCUT2D eigenvalue weighted by molar-refractivity contribution is -0.116. The van der Waals surface area contributed by atoms with Crippen molar-refractivity contribution in [2.45, 2.75) is 32.8 Å². The molecular weight excluding hydrogens is 386 g/mol. The quantitative estimate of drug-likeness (QED) is 0.646. The van der Waals surface area contributed by atoms with Crippen LogP contribution in [0, 0.1) is 0 Å². The van der Waals surface area contributed by atoms with Crippen molar-refractivity contribution in [2.75, 3.05) is 24.3 Å². The fourth-order valence-electron chi connectivity index (χ4n) is 2.49. The fourth-order valence-corrected chi connectivity index (χ4v) is 2.49. The molecule has 30 heavy (non-hydrogen) atoms. The van der Waals surface area contributed by atoms with Gasteiger partial charge in [-0.15, -0.1) is 0 Å². The molecule has 0 aliphatic carbocycles. The minimum absolute atomic E-state index is 0.173. The Kier molecular flexibility index (Phi) is 7.80. The summed E-state index contributed by atoms with van der Waals surface area (Å²) >= 11 is 0. The van der Waals surface area contributed by atoms with Crippen LogP contribution in [0.25, 0.3) is 0 Å². The zero-order valence-corrected chi connectivity index (χ0v) is 17.6. The van der Waals surface area contributed by atoms with Crippen LogP contribution in [-0.4, -0.2) is 37.2 Å². The largest absolute Gasteiger partial charge is 0.497 e. The van der Waals surface area contributed by atoms with Gasteiger partial charge in [-0.05, 0) is 50.6 Å². The zero-order chi connectivity index (χ0) is 22.1. The number of hydrogen-bond donors (Lipinski definition) is 3. The van der Waals surface area contributed by atoms with Crippen LogP contribution < -0.4 is 20.7 Å². The Morgan fingerprint density at radius 1 is 0.867 bits per heavy atom. The molecule has 0 bridgehead atoms. The molecule has 0 aromatic heterocycles. The van der Waals surface area contributed by atoms with Gasteiger partial charge in [0.1, 0.15) is 17.9 Å². The van der Waals surface area contributed by atoms with Crippen molar-refractivity contribution >= 4 is 29.3 Å². The molecule has 8 heteroatoms. The number of methoxy groups -OCH3 is 1. The van der Waals surface area contributed by atoms with Gasteiger partial charge in [0, 0.05) is 0 Å². The SMILES string of the molecule is COc1ccc(CC(=O)Nc2ccccc2NC(=O)CNC(=O)OC(C)(C)C)cc1. The number of alkyl carbamates (subject to hydrolysis) is 1. The van der Waals surface area contributed by atoms with Crippen LogP contribution in [-0.2, 0) is 20.7 Å². The monoisotopic (exact) mass is 413 g/mol. The second-order valence-corrected chi connectivity index (χ2v) is 7.52. The Hall–Kier alpha value is -3.55. The molecule has 2 aromatic rings. The Bertz CT molecular complexity index is 888. The minimum Gasteiger partial charge on any atom is -0.497 e. The minimum atomic E-state index is -0.682. The standard InChI is InChI=1S/C22H27N3O5/c1-22(2,3)30-21(28)23-14-20(27)25-18-8-6-5-7-17(18)24-19(26)13-15-9-11-16(29-4)12-10-15/h5-12H,13-14H2,1-4H3,(H,23,28)(H,24,26)(H,25,27). The topological polar surface area (TPSA) is 106 Å². The lowest BCUT2D eigenvalue weighted by atomic mass is 10.1. The van der Waals surface area contributed by atoms with E-state index >= 15 is 0 Å². The van der Waals surface area contributed by atoms with Crippen LogP contribution in [0.4, 0.5) is 16.2 Å². The van der Waals surface area contributed by atoms with Gasteiger partial charge < -0.3 is 25.4 Å². The summed E-state index contributed by atoms with van der Waals surface area (Å²) in [7, 11) is 1.58. The maximum absolute atomic E-state index is 12.4. The van der Waals surface area contributed by atoms with Gasteiger partial charge in [-0.2, -0.15) is 0 Å². The van der Waals surface area contributed by atoms with E-state index in [-0.39, 0.29) is 18.9 Å². The van der Waals surface area contributed by atoms with E-state index in [1.54, 1.807) is 64.3 Å². The van der Waals surface area contributed by atoms with E-state index in [1.807, 2.05) is 12.1 Å². The number of benzene rings is 2. The van der Waals surface area contributed by atoms with Crippen molar-refractivity contribution in [3.05, 3.63) is 54.1 Å². The lowest BCUT2D eigenvalue weighted by Gasteiger charge is -2.19. The predicted molar refractivity (Wildman–Crippen MR) is 115 cm³/mol. The van der Waals surface area contributed by atoms with Crippen molar-refractivity contribution in [1.82, 2.24) is 5.32 Å². The molecule has 8 nitrogen and oxygen atoms in total. The Balaban J connectivity index is 1.92. The van der Waals surface area contributed by atoms with Gasteiger partial charge in [0.25, 0.3) is 0 Å². The molecule has 0 heterocycles. The van der Waals surface area contributed by atoms with Gasteiger partial charge in [-0.1, -0.05) is 24.3 Å². The van der Waals surface area contributed by atoms with Gasteiger partial charge in [-0.3, -0.25) is 9.59 Å². The zero-order valence-electron chi connectivity index (χ0n) is 17.6. The summed E-state index contributed by atoms with van der Waals surface area (Å²) in [6.07, 6.45) is -0.509. The number of amides is 3. The maximum Gasteiger partial charge on any atom is 0.408 e. The van der Waals surface area contributed by atoms with Crippen molar-refractivity contribution < 1.29 is 23.9 Å². The van der Waals surface area contributed by atoms with Crippen molar-refractivity contribution in [1.29, 1.82) is 0 Å². The molecule has 0 saturated carbocycles. The van der Waals surface area contributed by atoms with E-state index in [1.165, 1.54) is 0 Å². The van der Waals surface area contributed by atoms with E-state index in [4.69, 9.17) is 9.47 Å². The van der Waals surface area contributed by atoms with Crippen molar-refractivity contribution in [3.63, 3.8) is 0 Å². The third-order valence-corrected chi connectivity index (χ3v) is 3.79. The van der Waals surface area contributed by atoms with Gasteiger partial charge in [0.2, 0.25) is 11.8 Å². The third-order valence-electron chi connectivity index (χ3n) is 3.79. The fraction of sp³-hybridized carbons (Fsp3) is 0.318. The summed E-state index contributed by atoms with van der Waals surface area (Å²) in [6.45, 7) is 4.94. The molecule has 3 amide bonds. The number of anilines is 2. The molecule has 0 unspecified atom stereocenters. The predicted octanol–water partition coefficient (Wildman–Crippen LogP) is 3.34. The molecule has 0 aliphatic rings. The number of para-hydroxylation sites is 2. The second-order valence-electron chi connectivity index (χ2n) is 7.52. The smallest absolute Gasteiger partial charge is 0.408 e. The first-order chi connectivity index (χ1) is 14.2. The maximum atomic E-state index is 12.4. The number of nitrogens with one attached hydrogen (secondary N) is 3. The first-order valence-corrected chi connectivity index (χ1v) is 9.45. The molecule has 0 saturated heterocycles. The van der Waals surface area contributed by atoms with Gasteiger partial charge in [0.15, 0.2) is 0 Å². The summed E-state index contributed by atoms with van der Waals surface area (Å²) in [5.74, 6) is 0.0404. The molecule has 160 valence electrons. The van der Waals surface area contributed by atoms with E-state index in [2.05, 4.69) is 16.0 Å². The molecule has 2 aromatic carbocycles. The average molecular weight is 413 g/mol. The highest BCUT2D eigenvalue weighted by Gasteiger charge is 2.17. The first kappa shape index (κ1) is 22.7. The molecule has 0 spiro atoms. The second kappa shape index (κ2) is 10.3. The molecular formula is C22H27N3O5. The number of carbonyl (C=O) groups is 3. The summed E-state index contributed by atoms with van der Waals surface area (Å²) in [4.78, 5) is 36.2. The van der Waals surface area contributed by atoms with E-state index in [0.717, 1.165) is 5.56 Å². The van der Waals surface area contributed by atoms with E-state index < -0.39 is 17.6 Å². The number of rotatable bonds is 7. The van der Waals surface area contributed by atoms with Crippen LogP contribution in [0.1, 0.15) is 26.3 Å². The van der Waals surface area contributed by atoms with Crippen molar-refractivity contribution in [3.8, 4) is 5.75 Å². The molecule has 0 radical (unpaired) electrons. The molecule has 2 rings (SSSR count). The van der Waals surface area contributed by atoms with Gasteiger partial charge in [0.05, 0.1) is 24.9 Å². The normalized spacial score (nSPS) is 10.7. The summed E-state index contributed by atoms with van der Waals surface area (Å²) < 4.78 is 10.2. The Labute approximate surface area is 175 Å². The van der Waals surface area contributed by atoms with Gasteiger partial charge >= 0.3 is 6.09 Å². The summed E-state index contributed by atoms with van der Waals surface area (Å²) in [5.41, 5.74) is 1.07. The molecule has 0 fully saturated rings. The van der Waals surface area contributed by atoms with E-state index in [9.17, 15) is 14.4 Å². The summed E-state index contributed by atoms with van der Waals surface area (Å²) in [6, 6.07) is 14.0. The van der Waals surface area contributed by atoms with Crippen LogP contribution >= 0.6 is 0 Å². The Morgan fingerprint density at radius 2 is 1.43 bits per heavy atom. The Morgan fingerprint density at radius 3 is 1.97 bits per heavy atom. The first-order valence-electron chi connectivity index (χ1n) is 9.45. The number of hydrogen-bond acceptors (Lipinski definition) is 5. The average Bonchev–Trinajstić information content (AvgIpc) is 2.67. The highest BCUT2D eigenvalue weighted by Crippen LogP contribution is 2.21. The summed E-state index contributed by atoms with van der Waals surface area (Å²) in [5, 5.41) is 7.86. The lowest BCUT2D eigenvalue weighted by Crippen LogP contribution is -2.37.